The van der Waals surface area contributed by atoms with Crippen molar-refractivity contribution in [2.75, 3.05) is 18.5 Å². The summed E-state index contributed by atoms with van der Waals surface area (Å²) in [7, 11) is 0. The van der Waals surface area contributed by atoms with Crippen molar-refractivity contribution in [2.24, 2.45) is 0 Å². The first-order valence-electron chi connectivity index (χ1n) is 7.69. The predicted molar refractivity (Wildman–Crippen MR) is 87.4 cm³/mol. The Kier molecular flexibility index (Phi) is 3.55. The van der Waals surface area contributed by atoms with Crippen LogP contribution in [0, 0.1) is 0 Å². The fourth-order valence-corrected chi connectivity index (χ4v) is 2.86. The van der Waals surface area contributed by atoms with Gasteiger partial charge in [-0.25, -0.2) is 9.97 Å². The average molecular weight is 311 g/mol. The number of nitrogens with one attached hydrogen (secondary N) is 3. The van der Waals surface area contributed by atoms with Crippen molar-refractivity contribution < 1.29 is 4.74 Å². The molecule has 7 nitrogen and oxygen atoms in total. The lowest BCUT2D eigenvalue weighted by atomic mass is 10.1. The number of hydrogen-bond donors (Lipinski definition) is 3. The SMILES string of the molecule is O=c1cc(-c2c[nH]c3ncccc23)nc(NCC2CCCO2)[nH]1. The van der Waals surface area contributed by atoms with Crippen LogP contribution in [0.25, 0.3) is 22.3 Å². The fraction of sp³-hybridized carbons (Fsp3) is 0.312. The van der Waals surface area contributed by atoms with E-state index in [-0.39, 0.29) is 11.7 Å². The molecule has 0 saturated carbocycles. The van der Waals surface area contributed by atoms with Crippen molar-refractivity contribution >= 4 is 17.0 Å². The highest BCUT2D eigenvalue weighted by molar-refractivity contribution is 5.92. The third kappa shape index (κ3) is 2.83. The highest BCUT2D eigenvalue weighted by atomic mass is 16.5. The summed E-state index contributed by atoms with van der Waals surface area (Å²) in [5.41, 5.74) is 2.06. The summed E-state index contributed by atoms with van der Waals surface area (Å²) >= 11 is 0. The van der Waals surface area contributed by atoms with E-state index in [9.17, 15) is 4.79 Å². The molecule has 3 N–H and O–H groups in total. The van der Waals surface area contributed by atoms with Gasteiger partial charge in [-0.2, -0.15) is 0 Å². The lowest BCUT2D eigenvalue weighted by Gasteiger charge is -2.11. The van der Waals surface area contributed by atoms with E-state index in [0.29, 0.717) is 18.2 Å². The first-order chi connectivity index (χ1) is 11.3. The van der Waals surface area contributed by atoms with Crippen LogP contribution in [-0.4, -0.2) is 39.2 Å². The molecule has 4 rings (SSSR count). The van der Waals surface area contributed by atoms with E-state index in [2.05, 4.69) is 25.3 Å². The first kappa shape index (κ1) is 14.0. The number of aromatic nitrogens is 4. The van der Waals surface area contributed by atoms with Gasteiger partial charge in [-0.3, -0.25) is 9.78 Å². The van der Waals surface area contributed by atoms with Gasteiger partial charge in [0.15, 0.2) is 0 Å². The van der Waals surface area contributed by atoms with Crippen molar-refractivity contribution in [1.82, 2.24) is 19.9 Å². The molecule has 23 heavy (non-hydrogen) atoms. The van der Waals surface area contributed by atoms with E-state index in [1.54, 1.807) is 6.20 Å². The minimum atomic E-state index is -0.192. The molecule has 1 fully saturated rings. The molecule has 0 amide bonds. The molecule has 1 saturated heterocycles. The molecule has 7 heteroatoms. The Morgan fingerprint density at radius 2 is 2.39 bits per heavy atom. The van der Waals surface area contributed by atoms with Gasteiger partial charge in [-0.1, -0.05) is 0 Å². The zero-order valence-corrected chi connectivity index (χ0v) is 12.5. The maximum atomic E-state index is 11.9. The first-order valence-corrected chi connectivity index (χ1v) is 7.69. The van der Waals surface area contributed by atoms with Crippen LogP contribution in [0.3, 0.4) is 0 Å². The summed E-state index contributed by atoms with van der Waals surface area (Å²) in [6.07, 6.45) is 5.84. The van der Waals surface area contributed by atoms with Crippen molar-refractivity contribution in [3.05, 3.63) is 40.9 Å². The van der Waals surface area contributed by atoms with Gasteiger partial charge in [0.25, 0.3) is 5.56 Å². The standard InChI is InChI=1S/C16H17N5O2/c22-14-7-13(12-9-18-15-11(12)4-1-5-17-15)20-16(21-14)19-8-10-3-2-6-23-10/h1,4-5,7,9-10H,2-3,6,8H2,(H,17,18)(H2,19,20,21,22). The normalized spacial score (nSPS) is 17.7. The van der Waals surface area contributed by atoms with Crippen molar-refractivity contribution in [3.8, 4) is 11.3 Å². The zero-order valence-electron chi connectivity index (χ0n) is 12.5. The van der Waals surface area contributed by atoms with Crippen LogP contribution >= 0.6 is 0 Å². The van der Waals surface area contributed by atoms with Crippen molar-refractivity contribution in [1.29, 1.82) is 0 Å². The highest BCUT2D eigenvalue weighted by Crippen LogP contribution is 2.25. The number of fused-ring (bicyclic) bond motifs is 1. The van der Waals surface area contributed by atoms with E-state index in [0.717, 1.165) is 36.0 Å². The van der Waals surface area contributed by atoms with Crippen molar-refractivity contribution in [3.63, 3.8) is 0 Å². The van der Waals surface area contributed by atoms with Gasteiger partial charge in [0.05, 0.1) is 11.8 Å². The molecule has 1 unspecified atom stereocenters. The monoisotopic (exact) mass is 311 g/mol. The zero-order chi connectivity index (χ0) is 15.6. The van der Waals surface area contributed by atoms with Crippen LogP contribution in [0.2, 0.25) is 0 Å². The molecule has 0 spiro atoms. The summed E-state index contributed by atoms with van der Waals surface area (Å²) in [6, 6.07) is 5.31. The van der Waals surface area contributed by atoms with Gasteiger partial charge in [-0.15, -0.1) is 0 Å². The van der Waals surface area contributed by atoms with E-state index in [1.807, 2.05) is 18.3 Å². The van der Waals surface area contributed by atoms with Crippen LogP contribution in [0.5, 0.6) is 0 Å². The van der Waals surface area contributed by atoms with Crippen LogP contribution < -0.4 is 10.9 Å². The summed E-state index contributed by atoms with van der Waals surface area (Å²) < 4.78 is 5.57. The maximum absolute atomic E-state index is 11.9. The van der Waals surface area contributed by atoms with Crippen LogP contribution in [0.15, 0.2) is 35.4 Å². The second kappa shape index (κ2) is 5.85. The number of aromatic amines is 2. The van der Waals surface area contributed by atoms with Crippen LogP contribution in [0.1, 0.15) is 12.8 Å². The van der Waals surface area contributed by atoms with E-state index in [4.69, 9.17) is 4.74 Å². The molecular weight excluding hydrogens is 294 g/mol. The molecule has 0 aromatic carbocycles. The maximum Gasteiger partial charge on any atom is 0.252 e. The lowest BCUT2D eigenvalue weighted by Crippen LogP contribution is -2.21. The second-order valence-electron chi connectivity index (χ2n) is 5.60. The molecule has 118 valence electrons. The minimum absolute atomic E-state index is 0.182. The Morgan fingerprint density at radius 3 is 3.26 bits per heavy atom. The van der Waals surface area contributed by atoms with Gasteiger partial charge in [0.1, 0.15) is 5.65 Å². The highest BCUT2D eigenvalue weighted by Gasteiger charge is 2.16. The summed E-state index contributed by atoms with van der Waals surface area (Å²) in [6.45, 7) is 1.44. The number of rotatable bonds is 4. The smallest absolute Gasteiger partial charge is 0.252 e. The molecule has 1 aliphatic heterocycles. The Hall–Kier alpha value is -2.67. The molecule has 3 aromatic heterocycles. The third-order valence-corrected chi connectivity index (χ3v) is 3.99. The Balaban J connectivity index is 1.64. The second-order valence-corrected chi connectivity index (χ2v) is 5.60. The largest absolute Gasteiger partial charge is 0.376 e. The van der Waals surface area contributed by atoms with Gasteiger partial charge in [-0.05, 0) is 25.0 Å². The number of H-pyrrole nitrogens is 2. The number of nitrogens with zero attached hydrogens (tertiary/aromatic N) is 2. The van der Waals surface area contributed by atoms with Gasteiger partial charge >= 0.3 is 0 Å². The topological polar surface area (TPSA) is 95.7 Å². The number of anilines is 1. The molecular formula is C16H17N5O2. The quantitative estimate of drug-likeness (QED) is 0.684. The Bertz CT molecular complexity index is 879. The number of ether oxygens (including phenoxy) is 1. The molecule has 0 bridgehead atoms. The lowest BCUT2D eigenvalue weighted by molar-refractivity contribution is 0.120. The van der Waals surface area contributed by atoms with Gasteiger partial charge in [0, 0.05) is 42.6 Å². The van der Waals surface area contributed by atoms with Crippen LogP contribution in [0.4, 0.5) is 5.95 Å². The average Bonchev–Trinajstić information content (AvgIpc) is 3.22. The summed E-state index contributed by atoms with van der Waals surface area (Å²) in [5.74, 6) is 0.459. The summed E-state index contributed by atoms with van der Waals surface area (Å²) in [4.78, 5) is 26.5. The van der Waals surface area contributed by atoms with Crippen molar-refractivity contribution in [2.45, 2.75) is 18.9 Å². The fourth-order valence-electron chi connectivity index (χ4n) is 2.86. The predicted octanol–water partition coefficient (Wildman–Crippen LogP) is 1.90. The Labute approximate surface area is 132 Å². The van der Waals surface area contributed by atoms with E-state index >= 15 is 0 Å². The van der Waals surface area contributed by atoms with E-state index < -0.39 is 0 Å². The number of hydrogen-bond acceptors (Lipinski definition) is 5. The summed E-state index contributed by atoms with van der Waals surface area (Å²) in [5, 5.41) is 4.10. The molecule has 3 aromatic rings. The van der Waals surface area contributed by atoms with E-state index in [1.165, 1.54) is 6.07 Å². The molecule has 1 aliphatic rings. The Morgan fingerprint density at radius 1 is 1.43 bits per heavy atom. The molecule has 4 heterocycles. The molecule has 0 radical (unpaired) electrons. The molecule has 1 atom stereocenters. The molecule has 0 aliphatic carbocycles. The number of pyridine rings is 1. The minimum Gasteiger partial charge on any atom is -0.376 e. The third-order valence-electron chi connectivity index (χ3n) is 3.99. The van der Waals surface area contributed by atoms with Gasteiger partial charge < -0.3 is 15.0 Å². The van der Waals surface area contributed by atoms with Crippen LogP contribution in [-0.2, 0) is 4.74 Å². The van der Waals surface area contributed by atoms with Gasteiger partial charge in [0.2, 0.25) is 5.95 Å².